The minimum Gasteiger partial charge on any atom is -0.399 e. The summed E-state index contributed by atoms with van der Waals surface area (Å²) >= 11 is 6.04. The lowest BCUT2D eigenvalue weighted by molar-refractivity contribution is 0.100. The summed E-state index contributed by atoms with van der Waals surface area (Å²) in [4.78, 5) is 11.4. The number of hydrogen-bond donors (Lipinski definition) is 3. The van der Waals surface area contributed by atoms with Crippen LogP contribution in [0.1, 0.15) is 23.2 Å². The van der Waals surface area contributed by atoms with Crippen molar-refractivity contribution in [2.45, 2.75) is 18.1 Å². The number of primary amides is 1. The Morgan fingerprint density at radius 2 is 2.15 bits per heavy atom. The van der Waals surface area contributed by atoms with Gasteiger partial charge in [0, 0.05) is 12.2 Å². The lowest BCUT2D eigenvalue weighted by Gasteiger charge is -2.16. The van der Waals surface area contributed by atoms with E-state index < -0.39 is 21.0 Å². The summed E-state index contributed by atoms with van der Waals surface area (Å²) in [7, 11) is -3.06. The monoisotopic (exact) mass is 317 g/mol. The number of halogens is 1. The molecule has 0 saturated carbocycles. The molecule has 0 bridgehead atoms. The third-order valence-corrected chi connectivity index (χ3v) is 5.92. The van der Waals surface area contributed by atoms with E-state index in [1.807, 2.05) is 0 Å². The molecular weight excluding hydrogens is 302 g/mol. The Balaban J connectivity index is 2.23. The van der Waals surface area contributed by atoms with Crippen molar-refractivity contribution in [3.05, 3.63) is 22.7 Å². The van der Waals surface area contributed by atoms with Crippen LogP contribution in [0.4, 0.5) is 11.4 Å². The molecule has 1 amide bonds. The van der Waals surface area contributed by atoms with Crippen LogP contribution < -0.4 is 16.8 Å². The fraction of sp³-hybridized carbons (Fsp3) is 0.417. The van der Waals surface area contributed by atoms with Gasteiger partial charge in [-0.25, -0.2) is 8.42 Å². The third-order valence-electron chi connectivity index (χ3n) is 3.35. The van der Waals surface area contributed by atoms with Crippen LogP contribution in [0.5, 0.6) is 0 Å². The number of benzene rings is 1. The van der Waals surface area contributed by atoms with Gasteiger partial charge >= 0.3 is 0 Å². The minimum atomic E-state index is -3.06. The summed E-state index contributed by atoms with van der Waals surface area (Å²) in [6, 6.07) is 2.90. The topological polar surface area (TPSA) is 115 Å². The molecule has 110 valence electrons. The zero-order valence-corrected chi connectivity index (χ0v) is 12.3. The van der Waals surface area contributed by atoms with Crippen LogP contribution in [0.25, 0.3) is 0 Å². The normalized spacial score (nSPS) is 20.8. The molecule has 20 heavy (non-hydrogen) atoms. The van der Waals surface area contributed by atoms with Crippen molar-refractivity contribution in [3.63, 3.8) is 0 Å². The van der Waals surface area contributed by atoms with E-state index in [2.05, 4.69) is 5.32 Å². The first-order valence-corrected chi connectivity index (χ1v) is 8.25. The van der Waals surface area contributed by atoms with Crippen LogP contribution >= 0.6 is 11.6 Å². The van der Waals surface area contributed by atoms with Crippen LogP contribution in [0.15, 0.2) is 12.1 Å². The number of carbonyl (C=O) groups is 1. The zero-order valence-electron chi connectivity index (χ0n) is 10.7. The lowest BCUT2D eigenvalue weighted by Crippen LogP contribution is -2.26. The van der Waals surface area contributed by atoms with E-state index in [4.69, 9.17) is 23.1 Å². The van der Waals surface area contributed by atoms with Crippen molar-refractivity contribution < 1.29 is 13.2 Å². The van der Waals surface area contributed by atoms with Gasteiger partial charge in [0.2, 0.25) is 0 Å². The van der Waals surface area contributed by atoms with Crippen molar-refractivity contribution >= 4 is 38.7 Å². The van der Waals surface area contributed by atoms with Crippen LogP contribution in [0.3, 0.4) is 0 Å². The van der Waals surface area contributed by atoms with Gasteiger partial charge in [0.15, 0.2) is 9.84 Å². The molecule has 6 nitrogen and oxygen atoms in total. The molecule has 5 N–H and O–H groups in total. The Kier molecular flexibility index (Phi) is 4.10. The van der Waals surface area contributed by atoms with Crippen molar-refractivity contribution in [1.82, 2.24) is 0 Å². The first-order valence-electron chi connectivity index (χ1n) is 6.15. The van der Waals surface area contributed by atoms with Gasteiger partial charge < -0.3 is 16.8 Å². The van der Waals surface area contributed by atoms with Gasteiger partial charge in [-0.1, -0.05) is 11.6 Å². The SMILES string of the molecule is NC(=O)c1cc(N)cc(Cl)c1NCC1CCCS1(=O)=O. The highest BCUT2D eigenvalue weighted by molar-refractivity contribution is 7.92. The summed E-state index contributed by atoms with van der Waals surface area (Å²) in [5.74, 6) is -0.465. The number of amides is 1. The quantitative estimate of drug-likeness (QED) is 0.717. The average Bonchev–Trinajstić information content (AvgIpc) is 2.66. The molecule has 1 aromatic rings. The number of nitrogens with two attached hydrogens (primary N) is 2. The highest BCUT2D eigenvalue weighted by Gasteiger charge is 2.31. The number of hydrogen-bond acceptors (Lipinski definition) is 5. The van der Waals surface area contributed by atoms with E-state index in [1.165, 1.54) is 12.1 Å². The number of nitrogens with one attached hydrogen (secondary N) is 1. The van der Waals surface area contributed by atoms with E-state index in [1.54, 1.807) is 0 Å². The van der Waals surface area contributed by atoms with E-state index in [0.29, 0.717) is 24.2 Å². The van der Waals surface area contributed by atoms with Gasteiger partial charge in [0.05, 0.1) is 27.3 Å². The first-order chi connectivity index (χ1) is 9.31. The smallest absolute Gasteiger partial charge is 0.250 e. The first kappa shape index (κ1) is 14.9. The standard InChI is InChI=1S/C12H16ClN3O3S/c13-10-5-7(14)4-9(12(15)17)11(10)16-6-8-2-1-3-20(8,18)19/h4-5,8,16H,1-3,6,14H2,(H2,15,17). The van der Waals surface area contributed by atoms with E-state index in [9.17, 15) is 13.2 Å². The van der Waals surface area contributed by atoms with Crippen molar-refractivity contribution in [1.29, 1.82) is 0 Å². The van der Waals surface area contributed by atoms with E-state index >= 15 is 0 Å². The molecule has 1 aromatic carbocycles. The Labute approximate surface area is 122 Å². The van der Waals surface area contributed by atoms with Crippen molar-refractivity contribution in [2.75, 3.05) is 23.3 Å². The predicted octanol–water partition coefficient (Wildman–Crippen LogP) is 1.01. The molecular formula is C12H16ClN3O3S. The third kappa shape index (κ3) is 2.99. The van der Waals surface area contributed by atoms with Gasteiger partial charge in [-0.2, -0.15) is 0 Å². The number of sulfone groups is 1. The fourth-order valence-corrected chi connectivity index (χ4v) is 4.37. The Morgan fingerprint density at radius 3 is 2.70 bits per heavy atom. The van der Waals surface area contributed by atoms with Crippen molar-refractivity contribution in [3.8, 4) is 0 Å². The Bertz CT molecular complexity index is 646. The molecule has 8 heteroatoms. The van der Waals surface area contributed by atoms with E-state index in [-0.39, 0.29) is 22.9 Å². The second-order valence-electron chi connectivity index (χ2n) is 4.80. The predicted molar refractivity (Wildman–Crippen MR) is 79.7 cm³/mol. The largest absolute Gasteiger partial charge is 0.399 e. The molecule has 1 aliphatic heterocycles. The van der Waals surface area contributed by atoms with E-state index in [0.717, 1.165) is 0 Å². The molecule has 1 fully saturated rings. The van der Waals surface area contributed by atoms with Crippen molar-refractivity contribution in [2.24, 2.45) is 5.73 Å². The van der Waals surface area contributed by atoms with Crippen LogP contribution in [-0.4, -0.2) is 31.9 Å². The maximum absolute atomic E-state index is 11.8. The molecule has 1 saturated heterocycles. The van der Waals surface area contributed by atoms with Gasteiger partial charge in [-0.3, -0.25) is 4.79 Å². The minimum absolute atomic E-state index is 0.158. The van der Waals surface area contributed by atoms with Crippen LogP contribution in [-0.2, 0) is 9.84 Å². The number of nitrogen functional groups attached to an aromatic ring is 1. The van der Waals surface area contributed by atoms with Gasteiger partial charge in [-0.05, 0) is 25.0 Å². The molecule has 0 spiro atoms. The molecule has 1 atom stereocenters. The summed E-state index contributed by atoms with van der Waals surface area (Å²) in [6.07, 6.45) is 1.26. The zero-order chi connectivity index (χ0) is 14.9. The fourth-order valence-electron chi connectivity index (χ4n) is 2.30. The second-order valence-corrected chi connectivity index (χ2v) is 7.61. The summed E-state index contributed by atoms with van der Waals surface area (Å²) in [6.45, 7) is 0.201. The maximum Gasteiger partial charge on any atom is 0.250 e. The van der Waals surface area contributed by atoms with Crippen LogP contribution in [0.2, 0.25) is 5.02 Å². The average molecular weight is 318 g/mol. The maximum atomic E-state index is 11.8. The van der Waals surface area contributed by atoms with Gasteiger partial charge in [0.1, 0.15) is 0 Å². The Hall–Kier alpha value is -1.47. The molecule has 1 unspecified atom stereocenters. The summed E-state index contributed by atoms with van der Waals surface area (Å²) in [5, 5.41) is 2.70. The molecule has 1 aliphatic rings. The highest BCUT2D eigenvalue weighted by Crippen LogP contribution is 2.30. The second kappa shape index (κ2) is 5.49. The molecule has 0 aromatic heterocycles. The number of carbonyl (C=O) groups excluding carboxylic acids is 1. The highest BCUT2D eigenvalue weighted by atomic mass is 35.5. The molecule has 0 radical (unpaired) electrons. The summed E-state index contributed by atoms with van der Waals surface area (Å²) in [5.41, 5.74) is 11.7. The lowest BCUT2D eigenvalue weighted by atomic mass is 10.1. The van der Waals surface area contributed by atoms with Crippen LogP contribution in [0, 0.1) is 0 Å². The number of anilines is 2. The Morgan fingerprint density at radius 1 is 1.45 bits per heavy atom. The van der Waals surface area contributed by atoms with Gasteiger partial charge in [0.25, 0.3) is 5.91 Å². The molecule has 1 heterocycles. The summed E-state index contributed by atoms with van der Waals surface area (Å²) < 4.78 is 23.5. The molecule has 2 rings (SSSR count). The number of rotatable bonds is 4. The molecule has 0 aliphatic carbocycles. The van der Waals surface area contributed by atoms with Gasteiger partial charge in [-0.15, -0.1) is 0 Å².